The van der Waals surface area contributed by atoms with Gasteiger partial charge in [-0.15, -0.1) is 0 Å². The number of aromatic nitrogens is 5. The van der Waals surface area contributed by atoms with Gasteiger partial charge in [0.15, 0.2) is 0 Å². The Morgan fingerprint density at radius 1 is 1.30 bits per heavy atom. The molecule has 6 nitrogen and oxygen atoms in total. The van der Waals surface area contributed by atoms with Crippen LogP contribution >= 0.6 is 0 Å². The maximum absolute atomic E-state index is 6.35. The molecule has 0 aliphatic heterocycles. The van der Waals surface area contributed by atoms with Crippen molar-refractivity contribution in [1.29, 1.82) is 0 Å². The van der Waals surface area contributed by atoms with Gasteiger partial charge in [0.25, 0.3) is 0 Å². The minimum Gasteiger partial charge on any atom is -0.324 e. The molecule has 2 aromatic rings. The predicted molar refractivity (Wildman–Crippen MR) is 77.1 cm³/mol. The Balaban J connectivity index is 2.21. The summed E-state index contributed by atoms with van der Waals surface area (Å²) in [5, 5.41) is 12.6. The summed E-state index contributed by atoms with van der Waals surface area (Å²) in [6, 6.07) is 1.90. The second-order valence-electron chi connectivity index (χ2n) is 4.95. The minimum absolute atomic E-state index is 0.126. The molecule has 20 heavy (non-hydrogen) atoms. The highest BCUT2D eigenvalue weighted by Gasteiger charge is 2.16. The minimum atomic E-state index is -0.126. The molecule has 2 aromatic heterocycles. The first-order valence-corrected chi connectivity index (χ1v) is 7.11. The number of hydrogen-bond donors (Lipinski definition) is 1. The fourth-order valence-corrected chi connectivity index (χ4v) is 2.28. The summed E-state index contributed by atoms with van der Waals surface area (Å²) < 4.78 is 1.92. The third-order valence-electron chi connectivity index (χ3n) is 3.29. The molecule has 2 rings (SSSR count). The standard InChI is InChI=1S/C14H22N6/c1-4-6-20-14(16-9-17-20)8-12(15)11-7-10(3)18-19-13(11)5-2/h7,9,12H,4-6,8,15H2,1-3H3. The second-order valence-corrected chi connectivity index (χ2v) is 4.95. The van der Waals surface area contributed by atoms with Crippen LogP contribution in [0.25, 0.3) is 0 Å². The quantitative estimate of drug-likeness (QED) is 0.865. The first-order valence-electron chi connectivity index (χ1n) is 7.11. The topological polar surface area (TPSA) is 82.5 Å². The lowest BCUT2D eigenvalue weighted by molar-refractivity contribution is 0.545. The molecule has 2 N–H and O–H groups in total. The van der Waals surface area contributed by atoms with E-state index in [0.29, 0.717) is 6.42 Å². The lowest BCUT2D eigenvalue weighted by Crippen LogP contribution is -2.19. The summed E-state index contributed by atoms with van der Waals surface area (Å²) >= 11 is 0. The third kappa shape index (κ3) is 3.19. The van der Waals surface area contributed by atoms with Gasteiger partial charge in [-0.25, -0.2) is 4.98 Å². The van der Waals surface area contributed by atoms with E-state index in [4.69, 9.17) is 5.73 Å². The summed E-state index contributed by atoms with van der Waals surface area (Å²) in [6.45, 7) is 6.99. The van der Waals surface area contributed by atoms with Crippen molar-refractivity contribution in [3.8, 4) is 0 Å². The summed E-state index contributed by atoms with van der Waals surface area (Å²) in [7, 11) is 0. The molecule has 1 unspecified atom stereocenters. The Morgan fingerprint density at radius 2 is 2.10 bits per heavy atom. The summed E-state index contributed by atoms with van der Waals surface area (Å²) in [5.74, 6) is 0.927. The molecule has 0 amide bonds. The van der Waals surface area contributed by atoms with E-state index < -0.39 is 0 Å². The van der Waals surface area contributed by atoms with E-state index in [2.05, 4.69) is 34.1 Å². The number of aryl methyl sites for hydroxylation is 3. The average molecular weight is 274 g/mol. The van der Waals surface area contributed by atoms with E-state index in [9.17, 15) is 0 Å². The third-order valence-corrected chi connectivity index (χ3v) is 3.29. The van der Waals surface area contributed by atoms with Crippen LogP contribution in [0.5, 0.6) is 0 Å². The van der Waals surface area contributed by atoms with Crippen molar-refractivity contribution < 1.29 is 0 Å². The van der Waals surface area contributed by atoms with Crippen LogP contribution in [0, 0.1) is 6.92 Å². The summed E-state index contributed by atoms with van der Waals surface area (Å²) in [4.78, 5) is 4.31. The fraction of sp³-hybridized carbons (Fsp3) is 0.571. The highest BCUT2D eigenvalue weighted by molar-refractivity contribution is 5.25. The van der Waals surface area contributed by atoms with E-state index in [1.54, 1.807) is 6.33 Å². The highest BCUT2D eigenvalue weighted by atomic mass is 15.3. The summed E-state index contributed by atoms with van der Waals surface area (Å²) in [6.07, 6.45) is 4.12. The fourth-order valence-electron chi connectivity index (χ4n) is 2.28. The lowest BCUT2D eigenvalue weighted by atomic mass is 10.0. The molecule has 0 fully saturated rings. The van der Waals surface area contributed by atoms with Crippen molar-refractivity contribution in [2.24, 2.45) is 5.73 Å². The van der Waals surface area contributed by atoms with Crippen LogP contribution in [-0.2, 0) is 19.4 Å². The number of hydrogen-bond acceptors (Lipinski definition) is 5. The zero-order valence-electron chi connectivity index (χ0n) is 12.4. The van der Waals surface area contributed by atoms with E-state index in [0.717, 1.165) is 42.2 Å². The number of rotatable bonds is 6. The molecular weight excluding hydrogens is 252 g/mol. The van der Waals surface area contributed by atoms with Gasteiger partial charge in [0.1, 0.15) is 12.2 Å². The van der Waals surface area contributed by atoms with Crippen LogP contribution in [0.15, 0.2) is 12.4 Å². The largest absolute Gasteiger partial charge is 0.324 e. The molecule has 0 aliphatic rings. The van der Waals surface area contributed by atoms with Gasteiger partial charge < -0.3 is 5.73 Å². The molecule has 1 atom stereocenters. The number of nitrogens with two attached hydrogens (primary N) is 1. The van der Waals surface area contributed by atoms with Gasteiger partial charge in [0.05, 0.1) is 11.4 Å². The maximum Gasteiger partial charge on any atom is 0.138 e. The molecule has 0 aliphatic carbocycles. The Morgan fingerprint density at radius 3 is 2.80 bits per heavy atom. The Labute approximate surface area is 119 Å². The molecule has 6 heteroatoms. The zero-order valence-corrected chi connectivity index (χ0v) is 12.4. The normalized spacial score (nSPS) is 12.6. The second kappa shape index (κ2) is 6.56. The van der Waals surface area contributed by atoms with Crippen molar-refractivity contribution >= 4 is 0 Å². The first-order chi connectivity index (χ1) is 9.65. The van der Waals surface area contributed by atoms with Gasteiger partial charge in [-0.3, -0.25) is 4.68 Å². The number of nitrogens with zero attached hydrogens (tertiary/aromatic N) is 5. The Kier molecular flexibility index (Phi) is 4.79. The first kappa shape index (κ1) is 14.6. The molecule has 2 heterocycles. The van der Waals surface area contributed by atoms with Crippen molar-refractivity contribution in [2.75, 3.05) is 0 Å². The van der Waals surface area contributed by atoms with Gasteiger partial charge in [-0.2, -0.15) is 15.3 Å². The SMILES string of the molecule is CCCn1ncnc1CC(N)c1cc(C)nnc1CC. The van der Waals surface area contributed by atoms with E-state index in [1.807, 2.05) is 17.7 Å². The Bertz CT molecular complexity index is 563. The van der Waals surface area contributed by atoms with Gasteiger partial charge >= 0.3 is 0 Å². The molecule has 108 valence electrons. The van der Waals surface area contributed by atoms with Crippen molar-refractivity contribution in [3.63, 3.8) is 0 Å². The molecule has 0 aromatic carbocycles. The molecular formula is C14H22N6. The Hall–Kier alpha value is -1.82. The van der Waals surface area contributed by atoms with E-state index in [1.165, 1.54) is 0 Å². The summed E-state index contributed by atoms with van der Waals surface area (Å²) in [5.41, 5.74) is 9.26. The predicted octanol–water partition coefficient (Wildman–Crippen LogP) is 1.59. The molecule has 0 saturated heterocycles. The molecule has 0 radical (unpaired) electrons. The zero-order chi connectivity index (χ0) is 14.5. The average Bonchev–Trinajstić information content (AvgIpc) is 2.86. The molecule has 0 bridgehead atoms. The van der Waals surface area contributed by atoms with Crippen LogP contribution in [0.4, 0.5) is 0 Å². The molecule has 0 spiro atoms. The lowest BCUT2D eigenvalue weighted by Gasteiger charge is -2.15. The smallest absolute Gasteiger partial charge is 0.138 e. The van der Waals surface area contributed by atoms with Crippen LogP contribution in [0.3, 0.4) is 0 Å². The molecule has 0 saturated carbocycles. The van der Waals surface area contributed by atoms with Crippen LogP contribution in [-0.4, -0.2) is 25.0 Å². The van der Waals surface area contributed by atoms with Gasteiger partial charge in [-0.05, 0) is 31.4 Å². The maximum atomic E-state index is 6.35. The van der Waals surface area contributed by atoms with Gasteiger partial charge in [-0.1, -0.05) is 13.8 Å². The van der Waals surface area contributed by atoms with Crippen molar-refractivity contribution in [3.05, 3.63) is 35.2 Å². The van der Waals surface area contributed by atoms with Crippen LogP contribution in [0.2, 0.25) is 0 Å². The van der Waals surface area contributed by atoms with E-state index in [-0.39, 0.29) is 6.04 Å². The van der Waals surface area contributed by atoms with Crippen LogP contribution in [0.1, 0.15) is 49.1 Å². The highest BCUT2D eigenvalue weighted by Crippen LogP contribution is 2.19. The van der Waals surface area contributed by atoms with Crippen LogP contribution < -0.4 is 5.73 Å². The van der Waals surface area contributed by atoms with Gasteiger partial charge in [0, 0.05) is 19.0 Å². The monoisotopic (exact) mass is 274 g/mol. The van der Waals surface area contributed by atoms with E-state index >= 15 is 0 Å². The van der Waals surface area contributed by atoms with Gasteiger partial charge in [0.2, 0.25) is 0 Å². The van der Waals surface area contributed by atoms with Crippen molar-refractivity contribution in [2.45, 2.75) is 52.6 Å². The van der Waals surface area contributed by atoms with Crippen molar-refractivity contribution in [1.82, 2.24) is 25.0 Å².